The van der Waals surface area contributed by atoms with E-state index < -0.39 is 5.60 Å². The SMILES string of the molecule is [CH2-]NC(=O)COc1ccc(C(=O)C(C)(C)O)cc1.[CH3-].[Y]. The number of ether oxygens (including phenoxy) is 1. The smallest absolute Gasteiger partial charge is 0.228 e. The van der Waals surface area contributed by atoms with E-state index in [4.69, 9.17) is 4.74 Å². The van der Waals surface area contributed by atoms with Crippen LogP contribution in [0.4, 0.5) is 0 Å². The third-order valence-electron chi connectivity index (χ3n) is 2.24. The predicted octanol–water partition coefficient (Wildman–Crippen LogP) is 1.37. The van der Waals surface area contributed by atoms with Gasteiger partial charge in [0.05, 0.1) is 0 Å². The fourth-order valence-electron chi connectivity index (χ4n) is 1.26. The standard InChI is InChI=1S/C13H16NO4.CH3.Y/c1-13(2,17)12(16)9-4-6-10(7-5-9)18-8-11(15)14-3;;/h4-7,17H,3,8H2,1-2H3,(H,14,15);1H3;/q2*-1;. The van der Waals surface area contributed by atoms with Crippen LogP contribution in [0.15, 0.2) is 24.3 Å². The molecule has 0 spiro atoms. The summed E-state index contributed by atoms with van der Waals surface area (Å²) in [7, 11) is 3.21. The normalized spacial score (nSPS) is 9.80. The van der Waals surface area contributed by atoms with Crippen molar-refractivity contribution in [1.82, 2.24) is 5.32 Å². The van der Waals surface area contributed by atoms with E-state index in [2.05, 4.69) is 12.4 Å². The van der Waals surface area contributed by atoms with Crippen molar-refractivity contribution in [3.05, 3.63) is 44.3 Å². The summed E-state index contributed by atoms with van der Waals surface area (Å²) >= 11 is 0. The van der Waals surface area contributed by atoms with Crippen LogP contribution >= 0.6 is 0 Å². The van der Waals surface area contributed by atoms with Gasteiger partial charge in [-0.25, -0.2) is 0 Å². The number of ketones is 1. The number of aliphatic hydroxyl groups is 1. The van der Waals surface area contributed by atoms with E-state index in [1.165, 1.54) is 26.0 Å². The molecule has 1 aromatic carbocycles. The van der Waals surface area contributed by atoms with Gasteiger partial charge < -0.3 is 22.6 Å². The molecule has 0 aliphatic rings. The molecule has 0 unspecified atom stereocenters. The Balaban J connectivity index is 0. The second-order valence-corrected chi connectivity index (χ2v) is 4.30. The van der Waals surface area contributed by atoms with Crippen molar-refractivity contribution in [3.63, 3.8) is 0 Å². The minimum atomic E-state index is -1.41. The maximum absolute atomic E-state index is 11.7. The summed E-state index contributed by atoms with van der Waals surface area (Å²) in [6, 6.07) is 6.21. The Morgan fingerprint density at radius 3 is 2.20 bits per heavy atom. The summed E-state index contributed by atoms with van der Waals surface area (Å²) in [6.07, 6.45) is 0. The van der Waals surface area contributed by atoms with Gasteiger partial charge in [-0.1, -0.05) is 0 Å². The average Bonchev–Trinajstić information content (AvgIpc) is 2.34. The van der Waals surface area contributed by atoms with E-state index in [1.807, 2.05) is 0 Å². The van der Waals surface area contributed by atoms with Crippen molar-refractivity contribution < 1.29 is 52.1 Å². The Labute approximate surface area is 145 Å². The van der Waals surface area contributed by atoms with Gasteiger partial charge in [0.15, 0.2) is 12.4 Å². The van der Waals surface area contributed by atoms with E-state index in [1.54, 1.807) is 12.1 Å². The molecule has 2 N–H and O–H groups in total. The molecule has 109 valence electrons. The van der Waals surface area contributed by atoms with Crippen LogP contribution in [0.3, 0.4) is 0 Å². The molecule has 0 heterocycles. The first-order valence-corrected chi connectivity index (χ1v) is 5.40. The number of benzene rings is 1. The molecule has 0 atom stereocenters. The Bertz CT molecular complexity index is 437. The van der Waals surface area contributed by atoms with Crippen LogP contribution in [0.2, 0.25) is 0 Å². The average molecular weight is 354 g/mol. The number of carbonyl (C=O) groups excluding carboxylic acids is 2. The fourth-order valence-corrected chi connectivity index (χ4v) is 1.26. The van der Waals surface area contributed by atoms with Gasteiger partial charge in [0, 0.05) is 38.3 Å². The molecule has 0 saturated carbocycles. The molecule has 0 aromatic heterocycles. The number of hydrogen-bond acceptors (Lipinski definition) is 4. The first-order chi connectivity index (χ1) is 8.34. The molecule has 0 fully saturated rings. The van der Waals surface area contributed by atoms with Crippen molar-refractivity contribution in [2.24, 2.45) is 0 Å². The molecule has 6 heteroatoms. The van der Waals surface area contributed by atoms with Crippen molar-refractivity contribution >= 4 is 11.7 Å². The van der Waals surface area contributed by atoms with Crippen molar-refractivity contribution in [3.8, 4) is 5.75 Å². The van der Waals surface area contributed by atoms with Gasteiger partial charge in [-0.05, 0) is 38.1 Å². The fraction of sp³-hybridized carbons (Fsp3) is 0.286. The van der Waals surface area contributed by atoms with Gasteiger partial charge in [-0.2, -0.15) is 0 Å². The van der Waals surface area contributed by atoms with E-state index in [0.717, 1.165) is 0 Å². The molecular weight excluding hydrogens is 335 g/mol. The summed E-state index contributed by atoms with van der Waals surface area (Å²) in [5, 5.41) is 11.8. The molecule has 1 aromatic rings. The summed E-state index contributed by atoms with van der Waals surface area (Å²) in [5.74, 6) is -0.248. The summed E-state index contributed by atoms with van der Waals surface area (Å²) in [5.41, 5.74) is -1.02. The van der Waals surface area contributed by atoms with E-state index in [0.29, 0.717) is 11.3 Å². The summed E-state index contributed by atoms with van der Waals surface area (Å²) < 4.78 is 5.15. The number of Topliss-reactive ketones (excluding diaryl/α,β-unsaturated/α-hetero) is 1. The zero-order chi connectivity index (χ0) is 13.8. The van der Waals surface area contributed by atoms with Crippen molar-refractivity contribution in [1.29, 1.82) is 0 Å². The molecule has 0 saturated heterocycles. The maximum atomic E-state index is 11.7. The molecule has 0 aliphatic carbocycles. The molecule has 1 amide bonds. The zero-order valence-corrected chi connectivity index (χ0v) is 14.8. The number of nitrogens with one attached hydrogen (secondary N) is 1. The summed E-state index contributed by atoms with van der Waals surface area (Å²) in [6.45, 7) is 2.72. The molecule has 0 bridgehead atoms. The van der Waals surface area contributed by atoms with E-state index in [-0.39, 0.29) is 58.4 Å². The molecule has 1 radical (unpaired) electrons. The predicted molar refractivity (Wildman–Crippen MR) is 72.5 cm³/mol. The monoisotopic (exact) mass is 354 g/mol. The van der Waals surface area contributed by atoms with Crippen molar-refractivity contribution in [2.75, 3.05) is 6.61 Å². The number of hydrogen-bond donors (Lipinski definition) is 2. The first kappa shape index (κ1) is 21.5. The number of carbonyl (C=O) groups is 2. The Morgan fingerprint density at radius 2 is 1.80 bits per heavy atom. The third-order valence-corrected chi connectivity index (χ3v) is 2.24. The van der Waals surface area contributed by atoms with Crippen LogP contribution < -0.4 is 10.1 Å². The molecule has 20 heavy (non-hydrogen) atoms. The Kier molecular flexibility index (Phi) is 9.91. The minimum Gasteiger partial charge on any atom is -0.505 e. The molecule has 1 rings (SSSR count). The van der Waals surface area contributed by atoms with Crippen molar-refractivity contribution in [2.45, 2.75) is 19.4 Å². The maximum Gasteiger partial charge on any atom is 0.228 e. The second kappa shape index (κ2) is 9.21. The van der Waals surface area contributed by atoms with Gasteiger partial charge >= 0.3 is 0 Å². The van der Waals surface area contributed by atoms with Gasteiger partial charge in [-0.3, -0.25) is 16.6 Å². The summed E-state index contributed by atoms with van der Waals surface area (Å²) in [4.78, 5) is 22.6. The van der Waals surface area contributed by atoms with Gasteiger partial charge in [-0.15, -0.1) is 0 Å². The Hall–Kier alpha value is -0.776. The quantitative estimate of drug-likeness (QED) is 0.619. The van der Waals surface area contributed by atoms with Gasteiger partial charge in [0.25, 0.3) is 0 Å². The Morgan fingerprint density at radius 1 is 1.30 bits per heavy atom. The topological polar surface area (TPSA) is 75.6 Å². The van der Waals surface area contributed by atoms with Crippen LogP contribution in [0.25, 0.3) is 0 Å². The third kappa shape index (κ3) is 6.59. The minimum absolute atomic E-state index is 0. The van der Waals surface area contributed by atoms with Crippen LogP contribution in [0.1, 0.15) is 24.2 Å². The van der Waals surface area contributed by atoms with Gasteiger partial charge in [0.1, 0.15) is 11.4 Å². The first-order valence-electron chi connectivity index (χ1n) is 5.40. The molecule has 5 nitrogen and oxygen atoms in total. The van der Waals surface area contributed by atoms with Crippen LogP contribution in [0, 0.1) is 14.5 Å². The van der Waals surface area contributed by atoms with Crippen LogP contribution in [0.5, 0.6) is 5.75 Å². The number of amides is 1. The largest absolute Gasteiger partial charge is 0.505 e. The zero-order valence-electron chi connectivity index (χ0n) is 12.0. The molecule has 0 aliphatic heterocycles. The van der Waals surface area contributed by atoms with Crippen LogP contribution in [-0.2, 0) is 37.5 Å². The van der Waals surface area contributed by atoms with E-state index >= 15 is 0 Å². The van der Waals surface area contributed by atoms with Gasteiger partial charge in [0.2, 0.25) is 5.91 Å². The second-order valence-electron chi connectivity index (χ2n) is 4.30. The number of rotatable bonds is 5. The van der Waals surface area contributed by atoms with Crippen LogP contribution in [-0.4, -0.2) is 29.0 Å². The molecular formula is C14H19NO4Y-2. The van der Waals surface area contributed by atoms with E-state index in [9.17, 15) is 14.7 Å².